The zero-order chi connectivity index (χ0) is 17.8. The summed E-state index contributed by atoms with van der Waals surface area (Å²) < 4.78 is 6.00. The first-order valence-corrected chi connectivity index (χ1v) is 9.12. The highest BCUT2D eigenvalue weighted by Crippen LogP contribution is 2.29. The number of hydrogen-bond donors (Lipinski definition) is 1. The summed E-state index contributed by atoms with van der Waals surface area (Å²) in [7, 11) is 0. The van der Waals surface area contributed by atoms with Crippen LogP contribution in [0, 0.1) is 26.2 Å². The molecule has 0 saturated carbocycles. The highest BCUT2D eigenvalue weighted by Gasteiger charge is 2.24. The Morgan fingerprint density at radius 1 is 1.04 bits per heavy atom. The van der Waals surface area contributed by atoms with Gasteiger partial charge in [0, 0.05) is 13.0 Å². The number of para-hydroxylation sites is 1. The van der Waals surface area contributed by atoms with Crippen molar-refractivity contribution in [2.45, 2.75) is 39.5 Å². The Labute approximate surface area is 151 Å². The minimum absolute atomic E-state index is 0.476. The lowest BCUT2D eigenvalue weighted by Crippen LogP contribution is -2.40. The van der Waals surface area contributed by atoms with E-state index >= 15 is 0 Å². The van der Waals surface area contributed by atoms with Gasteiger partial charge in [-0.3, -0.25) is 5.41 Å². The summed E-state index contributed by atoms with van der Waals surface area (Å²) >= 11 is 0. The van der Waals surface area contributed by atoms with Crippen molar-refractivity contribution in [1.82, 2.24) is 4.90 Å². The predicted octanol–water partition coefficient (Wildman–Crippen LogP) is 4.85. The Balaban J connectivity index is 1.52. The number of nitrogens with one attached hydrogen (secondary N) is 1. The van der Waals surface area contributed by atoms with Crippen LogP contribution >= 0.6 is 0 Å². The van der Waals surface area contributed by atoms with E-state index in [1.165, 1.54) is 22.3 Å². The number of piperidine rings is 1. The number of ether oxygens (including phenoxy) is 1. The van der Waals surface area contributed by atoms with Gasteiger partial charge in [0.15, 0.2) is 0 Å². The number of nitrogens with zero attached hydrogens (tertiary/aromatic N) is 1. The van der Waals surface area contributed by atoms with Crippen molar-refractivity contribution in [1.29, 1.82) is 5.41 Å². The molecule has 132 valence electrons. The molecular formula is C22H28N2O. The van der Waals surface area contributed by atoms with Crippen LogP contribution < -0.4 is 4.74 Å². The van der Waals surface area contributed by atoms with Crippen LogP contribution in [-0.4, -0.2) is 30.4 Å². The normalized spacial score (nSPS) is 17.6. The number of likely N-dealkylation sites (tertiary alicyclic amines) is 1. The smallest absolute Gasteiger partial charge is 0.125 e. The summed E-state index contributed by atoms with van der Waals surface area (Å²) in [6.45, 7) is 8.63. The molecule has 0 bridgehead atoms. The summed E-state index contributed by atoms with van der Waals surface area (Å²) in [6, 6.07) is 15.0. The van der Waals surface area contributed by atoms with Crippen LogP contribution in [0.4, 0.5) is 0 Å². The zero-order valence-electron chi connectivity index (χ0n) is 15.5. The monoisotopic (exact) mass is 336 g/mol. The molecule has 2 aromatic rings. The maximum atomic E-state index is 8.41. The van der Waals surface area contributed by atoms with Gasteiger partial charge in [-0.25, -0.2) is 0 Å². The second-order valence-corrected chi connectivity index (χ2v) is 7.10. The van der Waals surface area contributed by atoms with E-state index < -0.39 is 0 Å². The Morgan fingerprint density at radius 3 is 2.36 bits per heavy atom. The van der Waals surface area contributed by atoms with Crippen LogP contribution in [0.2, 0.25) is 0 Å². The van der Waals surface area contributed by atoms with Gasteiger partial charge in [0.1, 0.15) is 12.4 Å². The molecule has 1 fully saturated rings. The molecule has 1 aliphatic rings. The molecule has 2 aromatic carbocycles. The second kappa shape index (κ2) is 7.73. The van der Waals surface area contributed by atoms with E-state index in [1.807, 2.05) is 0 Å². The predicted molar refractivity (Wildman–Crippen MR) is 104 cm³/mol. The van der Waals surface area contributed by atoms with Crippen LogP contribution in [0.25, 0.3) is 0 Å². The molecule has 1 heterocycles. The van der Waals surface area contributed by atoms with Gasteiger partial charge in [0.05, 0.1) is 12.4 Å². The quantitative estimate of drug-likeness (QED) is 0.847. The van der Waals surface area contributed by atoms with Crippen molar-refractivity contribution < 1.29 is 4.74 Å². The fourth-order valence-corrected chi connectivity index (χ4v) is 3.57. The minimum Gasteiger partial charge on any atom is -0.491 e. The molecule has 1 unspecified atom stereocenters. The van der Waals surface area contributed by atoms with E-state index in [1.54, 1.807) is 0 Å². The molecular weight excluding hydrogens is 308 g/mol. The SMILES string of the molecule is Cc1ccc(C2CCN(CCOc3c(C)cccc3C)C(=N)C2)cc1. The fraction of sp³-hybridized carbons (Fsp3) is 0.409. The number of benzene rings is 2. The second-order valence-electron chi connectivity index (χ2n) is 7.10. The highest BCUT2D eigenvalue weighted by atomic mass is 16.5. The van der Waals surface area contributed by atoms with Crippen LogP contribution in [0.1, 0.15) is 41.0 Å². The Kier molecular flexibility index (Phi) is 5.42. The molecule has 0 aliphatic carbocycles. The van der Waals surface area contributed by atoms with Crippen LogP contribution in [0.15, 0.2) is 42.5 Å². The number of aryl methyl sites for hydroxylation is 3. The van der Waals surface area contributed by atoms with Gasteiger partial charge in [-0.05, 0) is 49.8 Å². The average Bonchev–Trinajstić information content (AvgIpc) is 2.59. The van der Waals surface area contributed by atoms with E-state index in [0.29, 0.717) is 12.5 Å². The van der Waals surface area contributed by atoms with E-state index in [9.17, 15) is 0 Å². The van der Waals surface area contributed by atoms with Gasteiger partial charge in [-0.1, -0.05) is 48.0 Å². The lowest BCUT2D eigenvalue weighted by Gasteiger charge is -2.34. The first-order chi connectivity index (χ1) is 12.0. The summed E-state index contributed by atoms with van der Waals surface area (Å²) in [4.78, 5) is 2.16. The van der Waals surface area contributed by atoms with Crippen molar-refractivity contribution in [3.8, 4) is 5.75 Å². The van der Waals surface area contributed by atoms with Crippen molar-refractivity contribution in [2.75, 3.05) is 19.7 Å². The zero-order valence-corrected chi connectivity index (χ0v) is 15.5. The van der Waals surface area contributed by atoms with E-state index in [2.05, 4.69) is 68.1 Å². The van der Waals surface area contributed by atoms with Gasteiger partial charge >= 0.3 is 0 Å². The Morgan fingerprint density at radius 2 is 1.72 bits per heavy atom. The highest BCUT2D eigenvalue weighted by molar-refractivity contribution is 5.80. The van der Waals surface area contributed by atoms with Crippen molar-refractivity contribution in [3.63, 3.8) is 0 Å². The van der Waals surface area contributed by atoms with Crippen molar-refractivity contribution >= 4 is 5.84 Å². The standard InChI is InChI=1S/C22H28N2O/c1-16-7-9-19(10-8-16)20-11-12-24(21(23)15-20)13-14-25-22-17(2)5-4-6-18(22)3/h4-10,20,23H,11-15H2,1-3H3. The molecule has 1 N–H and O–H groups in total. The van der Waals surface area contributed by atoms with Gasteiger partial charge in [-0.15, -0.1) is 0 Å². The molecule has 3 nitrogen and oxygen atoms in total. The molecule has 3 rings (SSSR count). The molecule has 1 saturated heterocycles. The maximum Gasteiger partial charge on any atom is 0.125 e. The Hall–Kier alpha value is -2.29. The number of amidine groups is 1. The first-order valence-electron chi connectivity index (χ1n) is 9.12. The first kappa shape index (κ1) is 17.5. The number of rotatable bonds is 5. The number of hydrogen-bond acceptors (Lipinski definition) is 2. The summed E-state index contributed by atoms with van der Waals surface area (Å²) in [6.07, 6.45) is 1.93. The fourth-order valence-electron chi connectivity index (χ4n) is 3.57. The topological polar surface area (TPSA) is 36.3 Å². The van der Waals surface area contributed by atoms with Gasteiger partial charge in [0.2, 0.25) is 0 Å². The largest absolute Gasteiger partial charge is 0.491 e. The summed E-state index contributed by atoms with van der Waals surface area (Å²) in [5, 5.41) is 8.41. The van der Waals surface area contributed by atoms with Gasteiger partial charge in [0.25, 0.3) is 0 Å². The third-order valence-corrected chi connectivity index (χ3v) is 5.13. The molecule has 0 aromatic heterocycles. The Bertz CT molecular complexity index is 716. The molecule has 1 aliphatic heterocycles. The molecule has 1 atom stereocenters. The van der Waals surface area contributed by atoms with E-state index in [-0.39, 0.29) is 0 Å². The van der Waals surface area contributed by atoms with Crippen LogP contribution in [-0.2, 0) is 0 Å². The van der Waals surface area contributed by atoms with E-state index in [4.69, 9.17) is 10.1 Å². The molecule has 0 radical (unpaired) electrons. The third kappa shape index (κ3) is 4.22. The summed E-state index contributed by atoms with van der Waals surface area (Å²) in [5.41, 5.74) is 5.00. The third-order valence-electron chi connectivity index (χ3n) is 5.13. The van der Waals surface area contributed by atoms with Gasteiger partial charge < -0.3 is 9.64 Å². The van der Waals surface area contributed by atoms with Crippen LogP contribution in [0.5, 0.6) is 5.75 Å². The lowest BCUT2D eigenvalue weighted by atomic mass is 9.88. The van der Waals surface area contributed by atoms with E-state index in [0.717, 1.165) is 37.5 Å². The maximum absolute atomic E-state index is 8.41. The molecule has 3 heteroatoms. The van der Waals surface area contributed by atoms with Crippen LogP contribution in [0.3, 0.4) is 0 Å². The van der Waals surface area contributed by atoms with Crippen molar-refractivity contribution in [3.05, 3.63) is 64.7 Å². The van der Waals surface area contributed by atoms with Crippen molar-refractivity contribution in [2.24, 2.45) is 0 Å². The summed E-state index contributed by atoms with van der Waals surface area (Å²) in [5.74, 6) is 2.20. The lowest BCUT2D eigenvalue weighted by molar-refractivity contribution is 0.249. The molecule has 0 amide bonds. The van der Waals surface area contributed by atoms with Gasteiger partial charge in [-0.2, -0.15) is 0 Å². The average molecular weight is 336 g/mol. The minimum atomic E-state index is 0.476. The molecule has 0 spiro atoms. The molecule has 25 heavy (non-hydrogen) atoms.